The minimum Gasteiger partial charge on any atom is -0.412 e. The zero-order chi connectivity index (χ0) is 4.00. The van der Waals surface area contributed by atoms with E-state index in [2.05, 4.69) is 11.6 Å². The van der Waals surface area contributed by atoms with Crippen LogP contribution >= 0.6 is 11.6 Å². The fraction of sp³-hybridized carbons (Fsp3) is 1.00. The number of rotatable bonds is 0. The smallest absolute Gasteiger partial charge is 0.0108 e. The summed E-state index contributed by atoms with van der Waals surface area (Å²) in [6.45, 7) is 4.00. The molecule has 0 heterocycles. The first kappa shape index (κ1) is 18.7. The minimum absolute atomic E-state index is 0. The van der Waals surface area contributed by atoms with Crippen molar-refractivity contribution in [1.82, 2.24) is 0 Å². The molecule has 0 spiro atoms. The lowest BCUT2D eigenvalue weighted by Gasteiger charge is -1.07. The summed E-state index contributed by atoms with van der Waals surface area (Å²) in [5.74, 6) is 0. The van der Waals surface area contributed by atoms with Gasteiger partial charge in [-0.15, -0.1) is 11.6 Å². The molecule has 0 aliphatic rings. The highest BCUT2D eigenvalue weighted by molar-refractivity contribution is 6.15. The first-order valence-electron chi connectivity index (χ1n) is 1.38. The van der Waals surface area contributed by atoms with E-state index in [4.69, 9.17) is 0 Å². The second-order valence-electron chi connectivity index (χ2n) is 0. The fourth-order valence-electron chi connectivity index (χ4n) is 0. The van der Waals surface area contributed by atoms with Gasteiger partial charge >= 0.3 is 0 Å². The molecule has 0 aromatic rings. The van der Waals surface area contributed by atoms with Crippen molar-refractivity contribution in [2.75, 3.05) is 6.38 Å². The van der Waals surface area contributed by atoms with Crippen LogP contribution in [0.4, 0.5) is 0 Å². The van der Waals surface area contributed by atoms with Gasteiger partial charge in [0, 0.05) is 6.38 Å². The molecular weight excluding hydrogens is 87.5 g/mol. The summed E-state index contributed by atoms with van der Waals surface area (Å²) < 4.78 is 0. The lowest BCUT2D eigenvalue weighted by molar-refractivity contribution is 0.824. The van der Waals surface area contributed by atoms with Crippen LogP contribution in [0.5, 0.6) is 0 Å². The van der Waals surface area contributed by atoms with E-state index in [1.165, 1.54) is 6.38 Å². The quantitative estimate of drug-likeness (QED) is 0.406. The van der Waals surface area contributed by atoms with E-state index < -0.39 is 0 Å². The van der Waals surface area contributed by atoms with Gasteiger partial charge in [0.25, 0.3) is 0 Å². The molecule has 0 aliphatic carbocycles. The molecule has 0 fully saturated rings. The average Bonchev–Trinajstić information content (AvgIpc) is 1.50. The van der Waals surface area contributed by atoms with Crippen LogP contribution in [-0.2, 0) is 0 Å². The zero-order valence-electron chi connectivity index (χ0n) is 3.88. The maximum atomic E-state index is 4.64. The molecule has 0 aromatic carbocycles. The van der Waals surface area contributed by atoms with E-state index in [0.29, 0.717) is 0 Å². The molecule has 0 radical (unpaired) electrons. The minimum atomic E-state index is 0. The maximum absolute atomic E-state index is 4.64. The Hall–Kier alpha value is 0.250. The van der Waals surface area contributed by atoms with Crippen molar-refractivity contribution in [3.05, 3.63) is 0 Å². The summed E-state index contributed by atoms with van der Waals surface area (Å²) in [5.41, 5.74) is 0. The molecule has 36 valence electrons. The van der Waals surface area contributed by atoms with E-state index in [-0.39, 0.29) is 5.48 Å². The standard InChI is InChI=1S/C2H6.CH3Cl.H2O/c2*1-2;/h1-2H3;1H3;1H2. The molecule has 0 atom stereocenters. The summed E-state index contributed by atoms with van der Waals surface area (Å²) in [4.78, 5) is 0. The third-order valence-corrected chi connectivity index (χ3v) is 0. The number of hydrogen-bond donors (Lipinski definition) is 0. The molecule has 2 N–H and O–H groups in total. The topological polar surface area (TPSA) is 31.5 Å². The second kappa shape index (κ2) is 718. The Morgan fingerprint density at radius 1 is 1.00 bits per heavy atom. The molecule has 1 nitrogen and oxygen atoms in total. The molecule has 0 rings (SSSR count). The second-order valence-corrected chi connectivity index (χ2v) is 0. The molecule has 0 aliphatic heterocycles. The van der Waals surface area contributed by atoms with Crippen LogP contribution in [0.2, 0.25) is 0 Å². The SMILES string of the molecule is CC.CCl.O. The van der Waals surface area contributed by atoms with Crippen LogP contribution in [0, 0.1) is 0 Å². The highest BCUT2D eigenvalue weighted by Crippen LogP contribution is 1.34. The fourth-order valence-corrected chi connectivity index (χ4v) is 0. The first-order chi connectivity index (χ1) is 2.00. The van der Waals surface area contributed by atoms with Crippen LogP contribution in [0.1, 0.15) is 13.8 Å². The number of alkyl halides is 1. The first-order valence-corrected chi connectivity index (χ1v) is 2.13. The molecule has 0 amide bonds. The van der Waals surface area contributed by atoms with Gasteiger partial charge in [-0.05, 0) is 0 Å². The van der Waals surface area contributed by atoms with Gasteiger partial charge < -0.3 is 5.48 Å². The zero-order valence-corrected chi connectivity index (χ0v) is 4.63. The monoisotopic (exact) mass is 98.0 g/mol. The lowest BCUT2D eigenvalue weighted by atomic mass is 11.0. The van der Waals surface area contributed by atoms with Gasteiger partial charge in [0.1, 0.15) is 0 Å². The Morgan fingerprint density at radius 3 is 1.00 bits per heavy atom. The Balaban J connectivity index is -0.0000000133. The maximum Gasteiger partial charge on any atom is 0.0108 e. The molecule has 0 unspecified atom stereocenters. The number of hydrogen-bond acceptors (Lipinski definition) is 0. The van der Waals surface area contributed by atoms with Crippen molar-refractivity contribution < 1.29 is 5.48 Å². The highest BCUT2D eigenvalue weighted by atomic mass is 35.5. The van der Waals surface area contributed by atoms with Gasteiger partial charge in [-0.3, -0.25) is 0 Å². The van der Waals surface area contributed by atoms with Gasteiger partial charge in [-0.2, -0.15) is 0 Å². The van der Waals surface area contributed by atoms with Gasteiger partial charge in [0.2, 0.25) is 0 Å². The molecule has 2 heteroatoms. The summed E-state index contributed by atoms with van der Waals surface area (Å²) in [6.07, 6.45) is 1.47. The van der Waals surface area contributed by atoms with Crippen molar-refractivity contribution in [1.29, 1.82) is 0 Å². The molecule has 0 aromatic heterocycles. The van der Waals surface area contributed by atoms with Crippen molar-refractivity contribution >= 4 is 11.6 Å². The Labute approximate surface area is 38.3 Å². The largest absolute Gasteiger partial charge is 0.412 e. The molecule has 0 saturated heterocycles. The van der Waals surface area contributed by atoms with Crippen LogP contribution in [0.3, 0.4) is 0 Å². The van der Waals surface area contributed by atoms with Crippen molar-refractivity contribution in [2.24, 2.45) is 0 Å². The predicted molar refractivity (Wildman–Crippen MR) is 26.7 cm³/mol. The molecule has 0 bridgehead atoms. The van der Waals surface area contributed by atoms with Crippen LogP contribution in [0.25, 0.3) is 0 Å². The van der Waals surface area contributed by atoms with Crippen molar-refractivity contribution in [2.45, 2.75) is 13.8 Å². The van der Waals surface area contributed by atoms with Crippen LogP contribution in [-0.4, -0.2) is 11.9 Å². The van der Waals surface area contributed by atoms with Gasteiger partial charge in [0.15, 0.2) is 0 Å². The Morgan fingerprint density at radius 2 is 1.00 bits per heavy atom. The third kappa shape index (κ3) is 344. The Bertz CT molecular complexity index is 6.85. The predicted octanol–water partition coefficient (Wildman–Crippen LogP) is 1.06. The summed E-state index contributed by atoms with van der Waals surface area (Å²) >= 11 is 4.64. The number of halogens is 1. The average molecular weight is 98.6 g/mol. The Kier molecular flexibility index (Phi) is 2690. The lowest BCUT2D eigenvalue weighted by Crippen LogP contribution is -0.856. The molecule has 0 saturated carbocycles. The summed E-state index contributed by atoms with van der Waals surface area (Å²) in [7, 11) is 0. The van der Waals surface area contributed by atoms with E-state index in [0.717, 1.165) is 0 Å². The van der Waals surface area contributed by atoms with E-state index in [9.17, 15) is 0 Å². The van der Waals surface area contributed by atoms with Crippen molar-refractivity contribution in [3.63, 3.8) is 0 Å². The van der Waals surface area contributed by atoms with Crippen LogP contribution in [0.15, 0.2) is 0 Å². The van der Waals surface area contributed by atoms with Crippen LogP contribution < -0.4 is 0 Å². The van der Waals surface area contributed by atoms with Gasteiger partial charge in [-0.25, -0.2) is 0 Å². The highest BCUT2D eigenvalue weighted by Gasteiger charge is 0.943. The van der Waals surface area contributed by atoms with E-state index >= 15 is 0 Å². The molecule has 5 heavy (non-hydrogen) atoms. The summed E-state index contributed by atoms with van der Waals surface area (Å²) in [5, 5.41) is 0. The van der Waals surface area contributed by atoms with Gasteiger partial charge in [0.05, 0.1) is 0 Å². The normalized spacial score (nSPS) is 2.40. The van der Waals surface area contributed by atoms with E-state index in [1.54, 1.807) is 0 Å². The van der Waals surface area contributed by atoms with Crippen molar-refractivity contribution in [3.8, 4) is 0 Å². The van der Waals surface area contributed by atoms with Gasteiger partial charge in [-0.1, -0.05) is 13.8 Å². The summed E-state index contributed by atoms with van der Waals surface area (Å²) in [6, 6.07) is 0. The third-order valence-electron chi connectivity index (χ3n) is 0. The van der Waals surface area contributed by atoms with E-state index in [1.807, 2.05) is 13.8 Å². The molecular formula is C3H11ClO.